The summed E-state index contributed by atoms with van der Waals surface area (Å²) in [5, 5.41) is 1.26. The zero-order valence-electron chi connectivity index (χ0n) is 17.7. The molecule has 1 aliphatic rings. The minimum Gasteiger partial charge on any atom is -0.331 e. The van der Waals surface area contributed by atoms with Crippen LogP contribution in [0.1, 0.15) is 46.8 Å². The van der Waals surface area contributed by atoms with Crippen LogP contribution in [0.25, 0.3) is 10.8 Å². The molecule has 32 heavy (non-hydrogen) atoms. The summed E-state index contributed by atoms with van der Waals surface area (Å²) in [5.74, 6) is -0.0433. The number of fused-ring (bicyclic) bond motifs is 1. The monoisotopic (exact) mass is 424 g/mol. The van der Waals surface area contributed by atoms with Gasteiger partial charge in [-0.3, -0.25) is 19.6 Å². The number of carbonyl (C=O) groups excluding carboxylic acids is 1. The number of carbonyl (C=O) groups is 1. The van der Waals surface area contributed by atoms with Crippen molar-refractivity contribution in [3.63, 3.8) is 0 Å². The zero-order valence-corrected chi connectivity index (χ0v) is 17.7. The lowest BCUT2D eigenvalue weighted by Crippen LogP contribution is -2.39. The van der Waals surface area contributed by atoms with E-state index in [0.717, 1.165) is 30.4 Å². The SMILES string of the molecule is O=C(c1cn(Cc2ccncc2)c(=O)c2ccccc12)N1CCCCC1c1cccnc1. The van der Waals surface area contributed by atoms with Crippen molar-refractivity contribution < 1.29 is 4.79 Å². The van der Waals surface area contributed by atoms with Crippen LogP contribution in [0.3, 0.4) is 0 Å². The summed E-state index contributed by atoms with van der Waals surface area (Å²) in [5.41, 5.74) is 2.47. The fourth-order valence-corrected chi connectivity index (χ4v) is 4.56. The molecule has 4 heterocycles. The van der Waals surface area contributed by atoms with Gasteiger partial charge in [-0.2, -0.15) is 0 Å². The van der Waals surface area contributed by atoms with Crippen LogP contribution in [0.5, 0.6) is 0 Å². The molecule has 6 nitrogen and oxygen atoms in total. The quantitative estimate of drug-likeness (QED) is 0.492. The molecular formula is C26H24N4O2. The summed E-state index contributed by atoms with van der Waals surface area (Å²) in [6, 6.07) is 15.1. The standard InChI is InChI=1S/C26H24N4O2/c31-25-22-8-2-1-7-21(22)23(18-29(25)17-19-10-13-27-14-11-19)26(32)30-15-4-3-9-24(30)20-6-5-12-28-16-20/h1-2,5-8,10-14,16,18,24H,3-4,9,15,17H2. The van der Waals surface area contributed by atoms with E-state index in [2.05, 4.69) is 9.97 Å². The molecule has 0 N–H and O–H groups in total. The molecule has 3 aromatic heterocycles. The predicted molar refractivity (Wildman–Crippen MR) is 123 cm³/mol. The first-order chi connectivity index (χ1) is 15.7. The summed E-state index contributed by atoms with van der Waals surface area (Å²) in [6.45, 7) is 1.08. The van der Waals surface area contributed by atoms with Gasteiger partial charge in [0, 0.05) is 48.3 Å². The molecule has 1 atom stereocenters. The molecule has 1 amide bonds. The Hall–Kier alpha value is -3.80. The summed E-state index contributed by atoms with van der Waals surface area (Å²) >= 11 is 0. The second-order valence-corrected chi connectivity index (χ2v) is 8.17. The first kappa shape index (κ1) is 20.1. The van der Waals surface area contributed by atoms with Crippen molar-refractivity contribution in [3.8, 4) is 0 Å². The first-order valence-corrected chi connectivity index (χ1v) is 10.9. The molecule has 0 bridgehead atoms. The van der Waals surface area contributed by atoms with Crippen molar-refractivity contribution in [3.05, 3.63) is 107 Å². The molecule has 0 aliphatic carbocycles. The Balaban J connectivity index is 1.60. The molecule has 0 saturated carbocycles. The maximum Gasteiger partial charge on any atom is 0.258 e. The topological polar surface area (TPSA) is 68.1 Å². The molecule has 1 fully saturated rings. The number of piperidine rings is 1. The maximum atomic E-state index is 13.9. The van der Waals surface area contributed by atoms with Gasteiger partial charge in [0.05, 0.1) is 18.2 Å². The van der Waals surface area contributed by atoms with Gasteiger partial charge in [-0.1, -0.05) is 24.3 Å². The highest BCUT2D eigenvalue weighted by Crippen LogP contribution is 2.32. The molecule has 0 radical (unpaired) electrons. The third kappa shape index (κ3) is 3.80. The largest absolute Gasteiger partial charge is 0.331 e. The lowest BCUT2D eigenvalue weighted by molar-refractivity contribution is 0.0612. The van der Waals surface area contributed by atoms with Crippen LogP contribution in [0.4, 0.5) is 0 Å². The molecule has 6 heteroatoms. The molecule has 1 unspecified atom stereocenters. The van der Waals surface area contributed by atoms with E-state index in [0.29, 0.717) is 29.4 Å². The van der Waals surface area contributed by atoms with Gasteiger partial charge in [0.25, 0.3) is 11.5 Å². The van der Waals surface area contributed by atoms with Crippen molar-refractivity contribution in [2.75, 3.05) is 6.54 Å². The second-order valence-electron chi connectivity index (χ2n) is 8.17. The molecule has 5 rings (SSSR count). The van der Waals surface area contributed by atoms with Gasteiger partial charge in [0.2, 0.25) is 0 Å². The van der Waals surface area contributed by atoms with Crippen LogP contribution >= 0.6 is 0 Å². The third-order valence-electron chi connectivity index (χ3n) is 6.16. The summed E-state index contributed by atoms with van der Waals surface area (Å²) in [6.07, 6.45) is 11.7. The van der Waals surface area contributed by atoms with Crippen molar-refractivity contribution >= 4 is 16.7 Å². The Kier molecular flexibility index (Phi) is 5.50. The highest BCUT2D eigenvalue weighted by atomic mass is 16.2. The van der Waals surface area contributed by atoms with Crippen molar-refractivity contribution in [1.82, 2.24) is 19.4 Å². The van der Waals surface area contributed by atoms with E-state index in [9.17, 15) is 9.59 Å². The van der Waals surface area contributed by atoms with Gasteiger partial charge in [0.15, 0.2) is 0 Å². The number of amides is 1. The Morgan fingerprint density at radius 2 is 1.75 bits per heavy atom. The van der Waals surface area contributed by atoms with E-state index in [4.69, 9.17) is 0 Å². The van der Waals surface area contributed by atoms with E-state index >= 15 is 0 Å². The van der Waals surface area contributed by atoms with E-state index in [1.807, 2.05) is 53.6 Å². The number of pyridine rings is 3. The number of rotatable bonds is 4. The molecule has 1 aromatic carbocycles. The highest BCUT2D eigenvalue weighted by molar-refractivity contribution is 6.06. The first-order valence-electron chi connectivity index (χ1n) is 10.9. The van der Waals surface area contributed by atoms with Crippen LogP contribution in [-0.4, -0.2) is 31.9 Å². The lowest BCUT2D eigenvalue weighted by atomic mass is 9.95. The highest BCUT2D eigenvalue weighted by Gasteiger charge is 2.30. The van der Waals surface area contributed by atoms with E-state index in [-0.39, 0.29) is 17.5 Å². The van der Waals surface area contributed by atoms with Gasteiger partial charge in [-0.25, -0.2) is 0 Å². The Bertz CT molecular complexity index is 1300. The second kappa shape index (κ2) is 8.75. The normalized spacial score (nSPS) is 16.2. The molecule has 4 aromatic rings. The Labute approximate surface area is 186 Å². The average Bonchev–Trinajstić information content (AvgIpc) is 2.86. The fourth-order valence-electron chi connectivity index (χ4n) is 4.56. The minimum absolute atomic E-state index is 0.00992. The summed E-state index contributed by atoms with van der Waals surface area (Å²) in [4.78, 5) is 37.3. The van der Waals surface area contributed by atoms with Gasteiger partial charge in [-0.05, 0) is 54.7 Å². The minimum atomic E-state index is -0.101. The smallest absolute Gasteiger partial charge is 0.258 e. The Morgan fingerprint density at radius 1 is 0.938 bits per heavy atom. The number of hydrogen-bond acceptors (Lipinski definition) is 4. The van der Waals surface area contributed by atoms with Crippen molar-refractivity contribution in [1.29, 1.82) is 0 Å². The van der Waals surface area contributed by atoms with Crippen molar-refractivity contribution in [2.45, 2.75) is 31.8 Å². The third-order valence-corrected chi connectivity index (χ3v) is 6.16. The molecule has 1 aliphatic heterocycles. The number of nitrogens with zero attached hydrogens (tertiary/aromatic N) is 4. The predicted octanol–water partition coefficient (Wildman–Crippen LogP) is 4.21. The van der Waals surface area contributed by atoms with Crippen LogP contribution in [-0.2, 0) is 6.54 Å². The lowest BCUT2D eigenvalue weighted by Gasteiger charge is -2.36. The van der Waals surface area contributed by atoms with Gasteiger partial charge in [-0.15, -0.1) is 0 Å². The summed E-state index contributed by atoms with van der Waals surface area (Å²) < 4.78 is 1.63. The van der Waals surface area contributed by atoms with E-state index < -0.39 is 0 Å². The number of benzene rings is 1. The number of likely N-dealkylation sites (tertiary alicyclic amines) is 1. The average molecular weight is 425 g/mol. The Morgan fingerprint density at radius 3 is 2.53 bits per heavy atom. The van der Waals surface area contributed by atoms with E-state index in [1.54, 1.807) is 35.4 Å². The fraction of sp³-hybridized carbons (Fsp3) is 0.231. The molecule has 1 saturated heterocycles. The van der Waals surface area contributed by atoms with Gasteiger partial charge >= 0.3 is 0 Å². The van der Waals surface area contributed by atoms with E-state index in [1.165, 1.54) is 0 Å². The van der Waals surface area contributed by atoms with Gasteiger partial charge < -0.3 is 9.47 Å². The molecule has 0 spiro atoms. The maximum absolute atomic E-state index is 13.9. The zero-order chi connectivity index (χ0) is 21.9. The van der Waals surface area contributed by atoms with Crippen LogP contribution in [0, 0.1) is 0 Å². The van der Waals surface area contributed by atoms with Crippen LogP contribution in [0.15, 0.2) is 84.3 Å². The number of aromatic nitrogens is 3. The molecule has 160 valence electrons. The van der Waals surface area contributed by atoms with Gasteiger partial charge in [0.1, 0.15) is 0 Å². The van der Waals surface area contributed by atoms with Crippen molar-refractivity contribution in [2.24, 2.45) is 0 Å². The van der Waals surface area contributed by atoms with Crippen LogP contribution < -0.4 is 5.56 Å². The number of hydrogen-bond donors (Lipinski definition) is 0. The molecular weight excluding hydrogens is 400 g/mol. The summed E-state index contributed by atoms with van der Waals surface area (Å²) in [7, 11) is 0. The van der Waals surface area contributed by atoms with Crippen LogP contribution in [0.2, 0.25) is 0 Å².